The third-order valence-electron chi connectivity index (χ3n) is 18.0. The van der Waals surface area contributed by atoms with E-state index in [4.69, 9.17) is 32.8 Å². The maximum absolute atomic E-state index is 12.2. The van der Waals surface area contributed by atoms with Crippen LogP contribution >= 0.6 is 9.42 Å². The van der Waals surface area contributed by atoms with Gasteiger partial charge in [-0.2, -0.15) is 39.4 Å². The van der Waals surface area contributed by atoms with E-state index in [1.165, 1.54) is 13.8 Å². The molecule has 14 amide bonds. The number of amides is 14. The molecule has 0 radical (unpaired) electrons. The maximum atomic E-state index is 12.2. The molecule has 2 rings (SSSR count). The van der Waals surface area contributed by atoms with Crippen LogP contribution in [0.15, 0.2) is 0 Å². The van der Waals surface area contributed by atoms with E-state index in [0.29, 0.717) is 210 Å². The first-order chi connectivity index (χ1) is 58.5. The predicted molar refractivity (Wildman–Crippen MR) is 447 cm³/mol. The summed E-state index contributed by atoms with van der Waals surface area (Å²) in [5, 5.41) is 102. The standard InChI is InChI=1S/2C35H63N8O10.C2HF3O2.2C2H6N2.CH3.ClH.2Fe.2Pt/c2*1-28(44)41(51)24-8-2-5-20-38-31(46)13-15-34(49)43(53)26-10-4-7-21-39-32(47)14-16-35(50)42(52)25-9-3-6-19-37-30(45)11-12-33(48)40-27-29-17-22-36-23-18-29;3-2(4,5)1(6)7;2*3-1-2-4;;;;;;/h2*29,51-53H,2-27H2,1H3,(H,37,45)(H,38,46)(H,39,47)(H,40,48);(H,6,7);2*3-4H,1-2H2;1H3;1H;;;;/q2*-1;;2*-2;-1;;;;+1;+4/p-2. The van der Waals surface area contributed by atoms with Gasteiger partial charge in [-0.15, -0.1) is 26.2 Å². The van der Waals surface area contributed by atoms with Crippen molar-refractivity contribution in [2.24, 2.45) is 11.8 Å². The van der Waals surface area contributed by atoms with Crippen LogP contribution in [0.3, 0.4) is 0 Å². The monoisotopic (exact) mass is 2290 g/mol. The second kappa shape index (κ2) is 93.3. The molecule has 50 heteroatoms. The number of alkyl halides is 3. The van der Waals surface area contributed by atoms with Crippen LogP contribution in [0, 0.1) is 19.3 Å². The molecule has 0 aliphatic carbocycles. The van der Waals surface area contributed by atoms with Gasteiger partial charge in [-0.25, -0.2) is 30.4 Å². The SMILES string of the molecule is CC(=O)N(O)CCCCCNC(=O)CCC(=O)N(O)CCCCCNC(=O)CCC(=O)N(O)CCCCCNC(=O)CCC(=O)NCC1CC[N-]CC1.CC(=O)N(O)CCCCCNC(=O)CCC(=O)N(O)CCCCCNC(=O)CCC(=O)N(O)CCCCCNC(=O)CCC(=O)NCC1CC[N-]CC1.O=C([O-])C(F)(F)F.[CH3-].[Cl][Pt].[Fe].[Fe].[NH-]CC[NH-].[NH-]CC[NH-].[Pt+4]. The first-order valence-electron chi connectivity index (χ1n) is 41.8. The first kappa shape index (κ1) is 137. The Morgan fingerprint density at radius 2 is 0.504 bits per heavy atom. The van der Waals surface area contributed by atoms with Crippen molar-refractivity contribution in [2.45, 2.75) is 238 Å². The molecule has 18 N–H and O–H groups in total. The van der Waals surface area contributed by atoms with Crippen molar-refractivity contribution in [1.82, 2.24) is 72.9 Å². The average Bonchev–Trinajstić information content (AvgIpc) is 0.958. The Morgan fingerprint density at radius 3 is 0.669 bits per heavy atom. The van der Waals surface area contributed by atoms with Crippen molar-refractivity contribution in [3.8, 4) is 0 Å². The molecule has 0 aromatic heterocycles. The van der Waals surface area contributed by atoms with Crippen LogP contribution in [0.25, 0.3) is 33.6 Å². The van der Waals surface area contributed by atoms with E-state index in [9.17, 15) is 112 Å². The summed E-state index contributed by atoms with van der Waals surface area (Å²) >= 11 is 1.61. The van der Waals surface area contributed by atoms with E-state index < -0.39 is 47.6 Å². The Labute approximate surface area is 796 Å². The van der Waals surface area contributed by atoms with Crippen molar-refractivity contribution in [2.75, 3.05) is 144 Å². The van der Waals surface area contributed by atoms with E-state index in [1.807, 2.05) is 0 Å². The number of nitrogens with zero attached hydrogens (tertiary/aromatic N) is 8. The average molecular weight is 2290 g/mol. The zero-order valence-electron chi connectivity index (χ0n) is 73.4. The number of unbranched alkanes of at least 4 members (excludes halogenated alkanes) is 12. The molecule has 2 heterocycles. The quantitative estimate of drug-likeness (QED) is 0.0107. The van der Waals surface area contributed by atoms with E-state index in [2.05, 4.69) is 62.6 Å². The summed E-state index contributed by atoms with van der Waals surface area (Å²) in [6, 6.07) is 0. The van der Waals surface area contributed by atoms with Gasteiger partial charge in [0.05, 0.1) is 0 Å². The van der Waals surface area contributed by atoms with Crippen molar-refractivity contribution in [1.29, 1.82) is 0 Å². The number of nitrogens with one attached hydrogen (secondary N) is 12. The van der Waals surface area contributed by atoms with Crippen LogP contribution in [0.4, 0.5) is 13.2 Å². The second-order valence-electron chi connectivity index (χ2n) is 28.4. The molecule has 0 unspecified atom stereocenters. The molecule has 0 aromatic carbocycles. The zero-order valence-corrected chi connectivity index (χ0v) is 80.9. The number of carbonyl (C=O) groups excluding carboxylic acids is 15. The number of aliphatic carboxylic acids is 1. The Morgan fingerprint density at radius 1 is 0.339 bits per heavy atom. The third-order valence-corrected chi connectivity index (χ3v) is 18.0. The minimum atomic E-state index is -5.19. The van der Waals surface area contributed by atoms with Crippen LogP contribution in [0.1, 0.15) is 232 Å². The predicted octanol–water partition coefficient (Wildman–Crippen LogP) is 6.13. The molecule has 2 aliphatic heterocycles. The van der Waals surface area contributed by atoms with Crippen molar-refractivity contribution >= 4 is 98.1 Å². The first-order valence-corrected chi connectivity index (χ1v) is 44.7. The fourth-order valence-corrected chi connectivity index (χ4v) is 10.7. The van der Waals surface area contributed by atoms with Crippen molar-refractivity contribution < 1.29 is 195 Å². The fraction of sp³-hybridized carbons (Fsp3) is 0.792. The number of carboxylic acids is 1. The van der Waals surface area contributed by atoms with Crippen molar-refractivity contribution in [3.05, 3.63) is 41.0 Å². The summed E-state index contributed by atoms with van der Waals surface area (Å²) in [6.07, 6.45) is 9.43. The molecule has 0 atom stereocenters. The summed E-state index contributed by atoms with van der Waals surface area (Å²) < 4.78 is 31.5. The van der Waals surface area contributed by atoms with Gasteiger partial charge in [0.25, 0.3) is 0 Å². The summed E-state index contributed by atoms with van der Waals surface area (Å²) in [7, 11) is 4.61. The summed E-state index contributed by atoms with van der Waals surface area (Å²) in [5.74, 6) is -7.14. The van der Waals surface area contributed by atoms with E-state index in [0.717, 1.165) is 51.9 Å². The number of piperidine rings is 2. The molecule has 0 saturated carbocycles. The van der Waals surface area contributed by atoms with Crippen LogP contribution in [0.5, 0.6) is 0 Å². The Balaban J connectivity index is -0.000000305. The maximum Gasteiger partial charge on any atom is 4.00 e. The van der Waals surface area contributed by atoms with Crippen LogP contribution < -0.4 is 47.6 Å². The summed E-state index contributed by atoms with van der Waals surface area (Å²) in [5.41, 5.74) is 25.1. The zero-order chi connectivity index (χ0) is 93.4. The molecule has 2 fully saturated rings. The van der Waals surface area contributed by atoms with Crippen molar-refractivity contribution in [3.63, 3.8) is 0 Å². The summed E-state index contributed by atoms with van der Waals surface area (Å²) in [6.45, 7) is 11.3. The number of rotatable bonds is 60. The molecule has 2 aliphatic rings. The Kier molecular flexibility index (Phi) is 100. The number of hydrogen-bond donors (Lipinski definition) is 14. The third kappa shape index (κ3) is 90.4. The Hall–Kier alpha value is -5.93. The van der Waals surface area contributed by atoms with Gasteiger partial charge in [0, 0.05) is 217 Å². The Bertz CT molecular complexity index is 2760. The van der Waals surface area contributed by atoms with Gasteiger partial charge < -0.3 is 93.4 Å². The molecule has 42 nitrogen and oxygen atoms in total. The molecule has 0 aromatic rings. The number of carbonyl (C=O) groups is 15. The molecule has 2 saturated heterocycles. The number of hydrogen-bond acceptors (Lipinski definition) is 22. The van der Waals surface area contributed by atoms with Gasteiger partial charge in [0.1, 0.15) is 5.97 Å². The second-order valence-corrected chi connectivity index (χ2v) is 28.4. The van der Waals surface area contributed by atoms with Gasteiger partial charge >= 0.3 is 55.4 Å². The van der Waals surface area contributed by atoms with E-state index in [-0.39, 0.29) is 252 Å². The molecule has 127 heavy (non-hydrogen) atoms. The number of halogens is 4. The number of carboxylic acid groups (broad SMARTS) is 1. The fourth-order valence-electron chi connectivity index (χ4n) is 10.7. The summed E-state index contributed by atoms with van der Waals surface area (Å²) in [4.78, 5) is 175. The van der Waals surface area contributed by atoms with Crippen LogP contribution in [-0.4, -0.2) is 300 Å². The molecule has 0 bridgehead atoms. The van der Waals surface area contributed by atoms with E-state index >= 15 is 0 Å². The minimum Gasteiger partial charge on any atom is -0.679 e. The molecule has 0 spiro atoms. The van der Waals surface area contributed by atoms with Gasteiger partial charge in [0.2, 0.25) is 82.7 Å². The normalized spacial score (nSPS) is 11.8. The minimum absolute atomic E-state index is 0. The molecular weight excluding hydrogens is 2150 g/mol. The van der Waals surface area contributed by atoms with Gasteiger partial charge in [-0.1, -0.05) is 25.7 Å². The van der Waals surface area contributed by atoms with Gasteiger partial charge in [0.15, 0.2) is 0 Å². The van der Waals surface area contributed by atoms with Crippen LogP contribution in [-0.2, 0) is 146 Å². The molecular formula is C77H141ClF3Fe2N20O22Pt2-4. The topological polar surface area (TPSA) is 640 Å². The largest absolute Gasteiger partial charge is 4.00 e. The number of hydroxylamine groups is 12. The smallest absolute Gasteiger partial charge is 0.679 e. The van der Waals surface area contributed by atoms with E-state index in [1.54, 1.807) is 18.8 Å². The van der Waals surface area contributed by atoms with Gasteiger partial charge in [-0.3, -0.25) is 98.4 Å². The van der Waals surface area contributed by atoms with Gasteiger partial charge in [-0.05, 0) is 127 Å². The molecule has 749 valence electrons. The van der Waals surface area contributed by atoms with Crippen LogP contribution in [0.2, 0.25) is 0 Å².